The molecule has 4 aliphatic rings. The Balaban J connectivity index is 1.48. The summed E-state index contributed by atoms with van der Waals surface area (Å²) in [6.45, 7) is 5.84. The van der Waals surface area contributed by atoms with E-state index in [1.54, 1.807) is 4.90 Å². The largest absolute Gasteiger partial charge is 0.493 e. The molecule has 6 heteroatoms. The van der Waals surface area contributed by atoms with Crippen LogP contribution in [0.2, 0.25) is 0 Å². The van der Waals surface area contributed by atoms with E-state index in [4.69, 9.17) is 9.47 Å². The summed E-state index contributed by atoms with van der Waals surface area (Å²) in [7, 11) is 0. The topological polar surface area (TPSA) is 59.1 Å². The number of piperazine rings is 1. The van der Waals surface area contributed by atoms with Gasteiger partial charge >= 0.3 is 0 Å². The van der Waals surface area contributed by atoms with Crippen LogP contribution >= 0.6 is 0 Å². The van der Waals surface area contributed by atoms with Crippen molar-refractivity contribution in [3.8, 4) is 5.75 Å². The predicted octanol–water partition coefficient (Wildman–Crippen LogP) is 3.45. The molecular weight excluding hydrogens is 416 g/mol. The third-order valence-electron chi connectivity index (χ3n) is 8.05. The first kappa shape index (κ1) is 20.7. The quantitative estimate of drug-likeness (QED) is 0.725. The number of amides is 2. The summed E-state index contributed by atoms with van der Waals surface area (Å²) in [6.07, 6.45) is 1.96. The fourth-order valence-corrected chi connectivity index (χ4v) is 6.70. The van der Waals surface area contributed by atoms with Gasteiger partial charge in [-0.25, -0.2) is 0 Å². The number of hydrogen-bond acceptors (Lipinski definition) is 4. The average molecular weight is 447 g/mol. The molecular formula is C27H30N2O4. The van der Waals surface area contributed by atoms with E-state index < -0.39 is 5.54 Å². The molecule has 5 atom stereocenters. The lowest BCUT2D eigenvalue weighted by molar-refractivity contribution is -0.165. The van der Waals surface area contributed by atoms with Gasteiger partial charge in [0.2, 0.25) is 11.8 Å². The van der Waals surface area contributed by atoms with E-state index in [2.05, 4.69) is 25.1 Å². The first-order valence-corrected chi connectivity index (χ1v) is 12.0. The van der Waals surface area contributed by atoms with E-state index >= 15 is 0 Å². The van der Waals surface area contributed by atoms with Crippen LogP contribution in [0.25, 0.3) is 0 Å². The van der Waals surface area contributed by atoms with Gasteiger partial charge in [0.1, 0.15) is 11.3 Å². The van der Waals surface area contributed by atoms with Crippen LogP contribution < -0.4 is 4.74 Å². The van der Waals surface area contributed by atoms with Crippen molar-refractivity contribution in [2.75, 3.05) is 26.3 Å². The number of aryl methyl sites for hydroxylation is 1. The Labute approximate surface area is 194 Å². The first-order valence-electron chi connectivity index (χ1n) is 12.0. The molecule has 0 aliphatic carbocycles. The van der Waals surface area contributed by atoms with Gasteiger partial charge in [-0.2, -0.15) is 0 Å². The molecule has 0 N–H and O–H groups in total. The second-order valence-corrected chi connectivity index (χ2v) is 10.1. The second kappa shape index (κ2) is 7.59. The molecule has 4 unspecified atom stereocenters. The highest BCUT2D eigenvalue weighted by molar-refractivity contribution is 6.00. The van der Waals surface area contributed by atoms with Gasteiger partial charge < -0.3 is 19.3 Å². The molecule has 4 aliphatic heterocycles. The van der Waals surface area contributed by atoms with Crippen LogP contribution in [0.15, 0.2) is 48.5 Å². The van der Waals surface area contributed by atoms with Crippen LogP contribution in [0.5, 0.6) is 5.75 Å². The highest BCUT2D eigenvalue weighted by Gasteiger charge is 2.66. The van der Waals surface area contributed by atoms with E-state index in [1.807, 2.05) is 42.2 Å². The molecule has 3 saturated heterocycles. The van der Waals surface area contributed by atoms with Crippen molar-refractivity contribution in [3.05, 3.63) is 65.2 Å². The summed E-state index contributed by atoms with van der Waals surface area (Å²) in [5.74, 6) is 0.705. The Kier molecular flexibility index (Phi) is 4.77. The number of ether oxygens (including phenoxy) is 2. The van der Waals surface area contributed by atoms with Gasteiger partial charge in [-0.15, -0.1) is 0 Å². The molecule has 0 aromatic heterocycles. The number of carbonyl (C=O) groups excluding carboxylic acids is 2. The fraction of sp³-hybridized carbons (Fsp3) is 0.481. The first-order chi connectivity index (χ1) is 16.0. The lowest BCUT2D eigenvalue weighted by Gasteiger charge is -2.47. The Hall–Kier alpha value is -2.86. The lowest BCUT2D eigenvalue weighted by atomic mass is 9.73. The third-order valence-corrected chi connectivity index (χ3v) is 8.05. The molecule has 0 spiro atoms. The molecule has 0 radical (unpaired) electrons. The van der Waals surface area contributed by atoms with Gasteiger partial charge in [0.05, 0.1) is 25.3 Å². The van der Waals surface area contributed by atoms with E-state index in [-0.39, 0.29) is 42.3 Å². The maximum Gasteiger partial charge on any atom is 0.249 e. The molecule has 6 nitrogen and oxygen atoms in total. The van der Waals surface area contributed by atoms with Crippen LogP contribution in [-0.2, 0) is 14.3 Å². The van der Waals surface area contributed by atoms with Gasteiger partial charge in [0.25, 0.3) is 0 Å². The van der Waals surface area contributed by atoms with Crippen molar-refractivity contribution in [2.24, 2.45) is 5.92 Å². The molecule has 4 heterocycles. The summed E-state index contributed by atoms with van der Waals surface area (Å²) in [5.41, 5.74) is 2.25. The Bertz CT molecular complexity index is 1100. The molecule has 0 saturated carbocycles. The Morgan fingerprint density at radius 3 is 2.70 bits per heavy atom. The van der Waals surface area contributed by atoms with Crippen LogP contribution in [0.1, 0.15) is 48.4 Å². The summed E-state index contributed by atoms with van der Waals surface area (Å²) in [4.78, 5) is 31.6. The van der Waals surface area contributed by atoms with Crippen molar-refractivity contribution in [3.63, 3.8) is 0 Å². The van der Waals surface area contributed by atoms with Gasteiger partial charge in [-0.05, 0) is 38.3 Å². The Morgan fingerprint density at radius 2 is 1.94 bits per heavy atom. The average Bonchev–Trinajstić information content (AvgIpc) is 3.42. The van der Waals surface area contributed by atoms with Crippen LogP contribution in [-0.4, -0.2) is 59.6 Å². The SMILES string of the molecule is Cc1ccc2c(c1)C1C(CO2)C(c2ccccc2)[C@]2(C)C(=O)N(CC3CCCO3)CC(=O)N12. The zero-order chi connectivity index (χ0) is 22.7. The Morgan fingerprint density at radius 1 is 1.12 bits per heavy atom. The maximum absolute atomic E-state index is 14.2. The zero-order valence-corrected chi connectivity index (χ0v) is 19.2. The fourth-order valence-electron chi connectivity index (χ4n) is 6.70. The van der Waals surface area contributed by atoms with Gasteiger partial charge in [-0.1, -0.05) is 48.0 Å². The molecule has 172 valence electrons. The van der Waals surface area contributed by atoms with Crippen LogP contribution in [0.3, 0.4) is 0 Å². The third kappa shape index (κ3) is 3.03. The standard InChI is InChI=1S/C27H30N2O4/c1-17-10-11-22-20(13-17)25-21(16-33-22)24(18-7-4-3-5-8-18)27(2)26(31)28(15-23(30)29(25)27)14-19-9-6-12-32-19/h3-5,7-8,10-11,13,19,21,24-25H,6,9,12,14-16H2,1-2H3/t19?,21?,24?,25?,27-/m1/s1. The number of benzene rings is 2. The number of rotatable bonds is 3. The summed E-state index contributed by atoms with van der Waals surface area (Å²) < 4.78 is 12.0. The van der Waals surface area contributed by atoms with Gasteiger partial charge in [-0.3, -0.25) is 9.59 Å². The van der Waals surface area contributed by atoms with Crippen molar-refractivity contribution in [1.82, 2.24) is 9.80 Å². The van der Waals surface area contributed by atoms with E-state index in [0.29, 0.717) is 13.2 Å². The van der Waals surface area contributed by atoms with Crippen molar-refractivity contribution in [1.29, 1.82) is 0 Å². The molecule has 3 fully saturated rings. The van der Waals surface area contributed by atoms with Crippen molar-refractivity contribution < 1.29 is 19.1 Å². The number of nitrogens with zero attached hydrogens (tertiary/aromatic N) is 2. The smallest absolute Gasteiger partial charge is 0.249 e. The highest BCUT2D eigenvalue weighted by atomic mass is 16.5. The number of hydrogen-bond donors (Lipinski definition) is 0. The minimum absolute atomic E-state index is 0.00211. The molecule has 0 bridgehead atoms. The number of fused-ring (bicyclic) bond motifs is 5. The van der Waals surface area contributed by atoms with Crippen LogP contribution in [0.4, 0.5) is 0 Å². The van der Waals surface area contributed by atoms with Gasteiger partial charge in [0, 0.05) is 30.6 Å². The summed E-state index contributed by atoms with van der Waals surface area (Å²) >= 11 is 0. The molecule has 6 rings (SSSR count). The summed E-state index contributed by atoms with van der Waals surface area (Å²) in [6, 6.07) is 16.2. The van der Waals surface area contributed by atoms with Crippen molar-refractivity contribution in [2.45, 2.75) is 50.3 Å². The minimum atomic E-state index is -0.973. The van der Waals surface area contributed by atoms with Gasteiger partial charge in [0.15, 0.2) is 0 Å². The van der Waals surface area contributed by atoms with E-state index in [9.17, 15) is 9.59 Å². The highest BCUT2D eigenvalue weighted by Crippen LogP contribution is 2.59. The lowest BCUT2D eigenvalue weighted by Crippen LogP contribution is -2.66. The van der Waals surface area contributed by atoms with E-state index in [0.717, 1.165) is 41.9 Å². The molecule has 2 aromatic carbocycles. The normalized spacial score (nSPS) is 32.9. The molecule has 2 amide bonds. The van der Waals surface area contributed by atoms with Crippen molar-refractivity contribution >= 4 is 11.8 Å². The monoisotopic (exact) mass is 446 g/mol. The molecule has 2 aromatic rings. The summed E-state index contributed by atoms with van der Waals surface area (Å²) in [5, 5.41) is 0. The zero-order valence-electron chi connectivity index (χ0n) is 19.2. The van der Waals surface area contributed by atoms with Crippen LogP contribution in [0, 0.1) is 12.8 Å². The maximum atomic E-state index is 14.2. The molecule has 33 heavy (non-hydrogen) atoms. The minimum Gasteiger partial charge on any atom is -0.493 e. The predicted molar refractivity (Wildman–Crippen MR) is 123 cm³/mol. The second-order valence-electron chi connectivity index (χ2n) is 10.1. The number of carbonyl (C=O) groups is 2. The van der Waals surface area contributed by atoms with E-state index in [1.165, 1.54) is 0 Å².